The molecule has 65 heavy (non-hydrogen) atoms. The van der Waals surface area contributed by atoms with Gasteiger partial charge in [0, 0.05) is 25.7 Å². The van der Waals surface area contributed by atoms with Crippen molar-refractivity contribution in [2.24, 2.45) is 5.73 Å². The number of nitrogens with zero attached hydrogens (tertiary/aromatic N) is 1. The minimum atomic E-state index is -0.962. The van der Waals surface area contributed by atoms with Crippen molar-refractivity contribution in [3.8, 4) is 6.07 Å². The maximum absolute atomic E-state index is 12.7. The molecule has 354 valence electrons. The van der Waals surface area contributed by atoms with Crippen LogP contribution in [0.4, 0.5) is 9.59 Å². The topological polar surface area (TPSA) is 242 Å². The molecule has 0 radical (unpaired) electrons. The number of amides is 3. The zero-order valence-corrected chi connectivity index (χ0v) is 40.4. The highest BCUT2D eigenvalue weighted by Crippen LogP contribution is 2.18. The van der Waals surface area contributed by atoms with Crippen LogP contribution >= 0.6 is 11.3 Å². The van der Waals surface area contributed by atoms with Gasteiger partial charge in [0.1, 0.15) is 45.4 Å². The fourth-order valence-corrected chi connectivity index (χ4v) is 6.19. The number of nitrogens with one attached hydrogen (secondary N) is 3. The van der Waals surface area contributed by atoms with Crippen LogP contribution in [0.2, 0.25) is 0 Å². The van der Waals surface area contributed by atoms with E-state index in [0.717, 1.165) is 33.6 Å². The van der Waals surface area contributed by atoms with E-state index in [1.165, 1.54) is 0 Å². The second-order valence-electron chi connectivity index (χ2n) is 19.1. The van der Waals surface area contributed by atoms with Crippen molar-refractivity contribution in [1.29, 1.82) is 5.26 Å². The number of benzene rings is 2. The van der Waals surface area contributed by atoms with Crippen LogP contribution in [0.25, 0.3) is 0 Å². The van der Waals surface area contributed by atoms with Gasteiger partial charge < -0.3 is 40.6 Å². The molecule has 0 aliphatic rings. The number of nitriles is 1. The van der Waals surface area contributed by atoms with Gasteiger partial charge in [0.05, 0.1) is 18.0 Å². The quantitative estimate of drug-likeness (QED) is 0.0890. The third-order valence-electron chi connectivity index (χ3n) is 8.11. The summed E-state index contributed by atoms with van der Waals surface area (Å²) in [4.78, 5) is 86.5. The monoisotopic (exact) mass is 919 g/mol. The van der Waals surface area contributed by atoms with E-state index in [9.17, 15) is 33.6 Å². The molecular weight excluding hydrogens is 855 g/mol. The molecule has 3 rings (SSSR count). The lowest BCUT2D eigenvalue weighted by Crippen LogP contribution is -2.47. The normalized spacial score (nSPS) is 12.4. The third-order valence-corrected chi connectivity index (χ3v) is 9.10. The van der Waals surface area contributed by atoms with Crippen LogP contribution in [0.1, 0.15) is 120 Å². The summed E-state index contributed by atoms with van der Waals surface area (Å²) in [6.07, 6.45) is -0.626. The Bertz CT molecular complexity index is 2150. The Morgan fingerprint density at radius 1 is 0.569 bits per heavy atom. The maximum Gasteiger partial charge on any atom is 0.408 e. The van der Waals surface area contributed by atoms with Crippen LogP contribution in [-0.4, -0.2) is 89.2 Å². The number of nitrogens with two attached hydrogens (primary N) is 1. The average molecular weight is 920 g/mol. The Kier molecular flexibility index (Phi) is 20.5. The summed E-state index contributed by atoms with van der Waals surface area (Å²) in [6.45, 7) is 20.8. The van der Waals surface area contributed by atoms with Crippen LogP contribution in [-0.2, 0) is 63.8 Å². The summed E-state index contributed by atoms with van der Waals surface area (Å²) in [7, 11) is 0. The number of carbonyl (C=O) groups is 7. The zero-order chi connectivity index (χ0) is 49.3. The first-order valence-electron chi connectivity index (χ1n) is 21.1. The molecule has 0 aliphatic carbocycles. The molecule has 3 aromatic rings. The zero-order valence-electron chi connectivity index (χ0n) is 39.6. The molecule has 0 bridgehead atoms. The van der Waals surface area contributed by atoms with E-state index in [4.69, 9.17) is 29.9 Å². The van der Waals surface area contributed by atoms with Crippen molar-refractivity contribution in [1.82, 2.24) is 16.0 Å². The van der Waals surface area contributed by atoms with Crippen LogP contribution in [0, 0.1) is 11.3 Å². The average Bonchev–Trinajstić information content (AvgIpc) is 3.65. The summed E-state index contributed by atoms with van der Waals surface area (Å²) in [5, 5.41) is 16.6. The second-order valence-corrected chi connectivity index (χ2v) is 20.2. The van der Waals surface area contributed by atoms with E-state index in [0.29, 0.717) is 9.75 Å². The molecule has 0 saturated carbocycles. The number of ketones is 2. The second kappa shape index (κ2) is 24.2. The Morgan fingerprint density at radius 2 is 0.938 bits per heavy atom. The molecular formula is C48H65N5O11S. The molecule has 5 N–H and O–H groups in total. The van der Waals surface area contributed by atoms with Gasteiger partial charge >= 0.3 is 24.1 Å². The molecule has 1 heterocycles. The highest BCUT2D eigenvalue weighted by molar-refractivity contribution is 7.14. The van der Waals surface area contributed by atoms with Crippen molar-refractivity contribution >= 4 is 52.9 Å². The fourth-order valence-electron chi connectivity index (χ4n) is 5.47. The first-order valence-corrected chi connectivity index (χ1v) is 21.9. The summed E-state index contributed by atoms with van der Waals surface area (Å²) in [5.41, 5.74) is 5.66. The van der Waals surface area contributed by atoms with Crippen LogP contribution in [0.5, 0.6) is 0 Å². The van der Waals surface area contributed by atoms with Gasteiger partial charge in [-0.15, -0.1) is 11.3 Å². The molecule has 0 spiro atoms. The number of alkyl carbamates (subject to hydrolysis) is 2. The van der Waals surface area contributed by atoms with Gasteiger partial charge in [-0.3, -0.25) is 14.4 Å². The van der Waals surface area contributed by atoms with Gasteiger partial charge in [0.2, 0.25) is 0 Å². The number of hydrogen-bond acceptors (Lipinski definition) is 14. The molecule has 1 aromatic heterocycles. The van der Waals surface area contributed by atoms with E-state index in [-0.39, 0.29) is 50.3 Å². The van der Waals surface area contributed by atoms with Gasteiger partial charge in [-0.1, -0.05) is 48.5 Å². The van der Waals surface area contributed by atoms with Crippen molar-refractivity contribution in [3.05, 3.63) is 92.7 Å². The van der Waals surface area contributed by atoms with Gasteiger partial charge in [-0.2, -0.15) is 5.26 Å². The SMILES string of the molecule is CC(C)(C)OC(=O)N[C@@H](Cc1ccc(CC(=O)CN)cc1)C(=O)OC(C)(C)C.CC(C)(C)OC(=O)N[C@@H](Cc1ccc(CC(=O)CNC(=O)c2ccc(C#N)s2)cc1)C(=O)OC(C)(C)C. The van der Waals surface area contributed by atoms with Crippen molar-refractivity contribution in [2.75, 3.05) is 13.1 Å². The Morgan fingerprint density at radius 3 is 1.28 bits per heavy atom. The predicted molar refractivity (Wildman–Crippen MR) is 246 cm³/mol. The number of ether oxygens (including phenoxy) is 4. The maximum atomic E-state index is 12.7. The lowest BCUT2D eigenvalue weighted by Gasteiger charge is -2.26. The third kappa shape index (κ3) is 23.4. The number of rotatable bonds is 16. The van der Waals surface area contributed by atoms with Crippen molar-refractivity contribution in [3.63, 3.8) is 0 Å². The molecule has 2 aromatic carbocycles. The molecule has 0 fully saturated rings. The number of carbonyl (C=O) groups excluding carboxylic acids is 7. The van der Waals surface area contributed by atoms with E-state index in [2.05, 4.69) is 16.0 Å². The number of Topliss-reactive ketones (excluding diaryl/α,β-unsaturated/α-hetero) is 2. The molecule has 3 amide bonds. The first kappa shape index (κ1) is 55.0. The van der Waals surface area contributed by atoms with Crippen LogP contribution in [0.3, 0.4) is 0 Å². The highest BCUT2D eigenvalue weighted by Gasteiger charge is 2.30. The number of hydrogen-bond donors (Lipinski definition) is 4. The van der Waals surface area contributed by atoms with Gasteiger partial charge in [-0.25, -0.2) is 19.2 Å². The summed E-state index contributed by atoms with van der Waals surface area (Å²) < 4.78 is 21.4. The first-order chi connectivity index (χ1) is 29.9. The van der Waals surface area contributed by atoms with Gasteiger partial charge in [0.15, 0.2) is 11.6 Å². The van der Waals surface area contributed by atoms with Gasteiger partial charge in [-0.05, 0) is 117 Å². The highest BCUT2D eigenvalue weighted by atomic mass is 32.1. The Balaban J connectivity index is 0.000000465. The fraction of sp³-hybridized carbons (Fsp3) is 0.500. The van der Waals surface area contributed by atoms with Gasteiger partial charge in [0.25, 0.3) is 5.91 Å². The Labute approximate surface area is 386 Å². The van der Waals surface area contributed by atoms with E-state index in [1.54, 1.807) is 119 Å². The van der Waals surface area contributed by atoms with Crippen LogP contribution < -0.4 is 21.7 Å². The molecule has 0 unspecified atom stereocenters. The largest absolute Gasteiger partial charge is 0.458 e. The standard InChI is InChI=1S/C27H33N3O6S.C21H32N2O5/c1-26(2,3)35-24(33)21(30-25(34)36-27(4,5)6)14-18-9-7-17(8-10-18)13-19(31)16-29-23(32)22-12-11-20(15-28)37-22;1-20(2,3)27-18(25)17(23-19(26)28-21(4,5)6)12-15-9-7-14(8-10-15)11-16(24)13-22/h7-12,21H,13-14,16H2,1-6H3,(H,29,32)(H,30,34);7-10,17H,11-13,22H2,1-6H3,(H,23,26)/t21-;17-/m00/s1. The smallest absolute Gasteiger partial charge is 0.408 e. The van der Waals surface area contributed by atoms with Crippen molar-refractivity contribution < 1.29 is 52.5 Å². The lowest BCUT2D eigenvalue weighted by molar-refractivity contribution is -0.158. The van der Waals surface area contributed by atoms with E-state index >= 15 is 0 Å². The Hall–Kier alpha value is -6.12. The molecule has 17 heteroatoms. The molecule has 16 nitrogen and oxygen atoms in total. The minimum absolute atomic E-state index is 0.00226. The molecule has 2 atom stereocenters. The van der Waals surface area contributed by atoms with Crippen molar-refractivity contribution in [2.45, 2.75) is 143 Å². The lowest BCUT2D eigenvalue weighted by atomic mass is 10.0. The molecule has 0 aliphatic heterocycles. The number of thiophene rings is 1. The summed E-state index contributed by atoms with van der Waals surface area (Å²) in [5.74, 6) is -1.76. The minimum Gasteiger partial charge on any atom is -0.458 e. The number of esters is 2. The summed E-state index contributed by atoms with van der Waals surface area (Å²) >= 11 is 1.06. The summed E-state index contributed by atoms with van der Waals surface area (Å²) in [6, 6.07) is 17.5. The van der Waals surface area contributed by atoms with Crippen LogP contribution in [0.15, 0.2) is 60.7 Å². The molecule has 0 saturated heterocycles. The van der Waals surface area contributed by atoms with E-state index < -0.39 is 64.5 Å². The van der Waals surface area contributed by atoms with E-state index in [1.807, 2.05) is 30.3 Å². The predicted octanol–water partition coefficient (Wildman–Crippen LogP) is 6.47.